The van der Waals surface area contributed by atoms with Crippen molar-refractivity contribution in [3.63, 3.8) is 0 Å². The van der Waals surface area contributed by atoms with Crippen LogP contribution in [0.15, 0.2) is 0 Å². The molecule has 1 aliphatic rings. The average molecular weight is 278 g/mol. The molecule has 5 nitrogen and oxygen atoms in total. The summed E-state index contributed by atoms with van der Waals surface area (Å²) in [6.45, 7) is 4.33. The molecule has 0 unspecified atom stereocenters. The summed E-state index contributed by atoms with van der Waals surface area (Å²) in [6.07, 6.45) is 3.33. The molecule has 1 saturated carbocycles. The van der Waals surface area contributed by atoms with Crippen molar-refractivity contribution in [3.8, 4) is 0 Å². The minimum absolute atomic E-state index is 0. The van der Waals surface area contributed by atoms with Crippen LogP contribution in [0.3, 0.4) is 0 Å². The lowest BCUT2D eigenvalue weighted by molar-refractivity contribution is -0.124. The highest BCUT2D eigenvalue weighted by Crippen LogP contribution is 2.18. The van der Waals surface area contributed by atoms with Crippen molar-refractivity contribution in [1.29, 1.82) is 0 Å². The molecular formula is C12H24ClN3O2. The summed E-state index contributed by atoms with van der Waals surface area (Å²) in [5.74, 6) is 0.0747. The smallest absolute Gasteiger partial charge is 0.237 e. The normalized spacial score (nSPS) is 15.8. The van der Waals surface area contributed by atoms with Crippen LogP contribution in [0, 0.1) is 5.92 Å². The maximum Gasteiger partial charge on any atom is 0.237 e. The van der Waals surface area contributed by atoms with Gasteiger partial charge in [0.1, 0.15) is 0 Å². The highest BCUT2D eigenvalue weighted by Gasteiger charge is 2.22. The van der Waals surface area contributed by atoms with Crippen molar-refractivity contribution in [1.82, 2.24) is 10.6 Å². The molecular weight excluding hydrogens is 254 g/mol. The van der Waals surface area contributed by atoms with Gasteiger partial charge < -0.3 is 16.4 Å². The first-order valence-corrected chi connectivity index (χ1v) is 6.33. The third kappa shape index (κ3) is 6.81. The number of carbonyl (C=O) groups is 2. The molecule has 0 radical (unpaired) electrons. The van der Waals surface area contributed by atoms with Gasteiger partial charge in [0.15, 0.2) is 0 Å². The monoisotopic (exact) mass is 277 g/mol. The van der Waals surface area contributed by atoms with E-state index in [1.165, 1.54) is 0 Å². The highest BCUT2D eigenvalue weighted by molar-refractivity contribution is 5.85. The van der Waals surface area contributed by atoms with Gasteiger partial charge in [0.2, 0.25) is 11.8 Å². The Labute approximate surface area is 115 Å². The Hall–Kier alpha value is -0.810. The first-order valence-electron chi connectivity index (χ1n) is 6.33. The first kappa shape index (κ1) is 17.2. The molecule has 0 aromatic heterocycles. The number of hydrogen-bond donors (Lipinski definition) is 3. The lowest BCUT2D eigenvalue weighted by Crippen LogP contribution is -2.44. The second kappa shape index (κ2) is 8.32. The molecule has 2 amide bonds. The quantitative estimate of drug-likeness (QED) is 0.595. The number of nitrogens with one attached hydrogen (secondary N) is 2. The van der Waals surface area contributed by atoms with E-state index in [4.69, 9.17) is 5.73 Å². The molecule has 0 bridgehead atoms. The SMILES string of the molecule is CC(C)[C@@H](N)C(=O)NCCCC(=O)NC1CC1.Cl. The van der Waals surface area contributed by atoms with Gasteiger partial charge in [0.25, 0.3) is 0 Å². The van der Waals surface area contributed by atoms with E-state index in [9.17, 15) is 9.59 Å². The zero-order chi connectivity index (χ0) is 12.8. The van der Waals surface area contributed by atoms with Crippen molar-refractivity contribution in [3.05, 3.63) is 0 Å². The average Bonchev–Trinajstić information content (AvgIpc) is 3.06. The summed E-state index contributed by atoms with van der Waals surface area (Å²) in [4.78, 5) is 22.8. The molecule has 0 aromatic carbocycles. The summed E-state index contributed by atoms with van der Waals surface area (Å²) in [5, 5.41) is 5.65. The lowest BCUT2D eigenvalue weighted by atomic mass is 10.1. The number of halogens is 1. The maximum atomic E-state index is 11.5. The number of nitrogens with two attached hydrogens (primary N) is 1. The van der Waals surface area contributed by atoms with Gasteiger partial charge in [-0.1, -0.05) is 13.8 Å². The van der Waals surface area contributed by atoms with Gasteiger partial charge in [-0.15, -0.1) is 12.4 Å². The molecule has 1 atom stereocenters. The zero-order valence-corrected chi connectivity index (χ0v) is 11.9. The van der Waals surface area contributed by atoms with Gasteiger partial charge in [-0.05, 0) is 25.2 Å². The van der Waals surface area contributed by atoms with Crippen LogP contribution in [-0.2, 0) is 9.59 Å². The number of carbonyl (C=O) groups excluding carboxylic acids is 2. The second-order valence-electron chi connectivity index (χ2n) is 5.01. The fraction of sp³-hybridized carbons (Fsp3) is 0.833. The summed E-state index contributed by atoms with van der Waals surface area (Å²) >= 11 is 0. The number of amides is 2. The van der Waals surface area contributed by atoms with Crippen LogP contribution < -0.4 is 16.4 Å². The van der Waals surface area contributed by atoms with Gasteiger partial charge in [0.05, 0.1) is 6.04 Å². The molecule has 0 aromatic rings. The van der Waals surface area contributed by atoms with E-state index in [0.29, 0.717) is 25.4 Å². The van der Waals surface area contributed by atoms with Gasteiger partial charge >= 0.3 is 0 Å². The molecule has 106 valence electrons. The predicted octanol–water partition coefficient (Wildman–Crippen LogP) is 0.566. The number of hydrogen-bond acceptors (Lipinski definition) is 3. The van der Waals surface area contributed by atoms with E-state index in [1.54, 1.807) is 0 Å². The topological polar surface area (TPSA) is 84.2 Å². The summed E-state index contributed by atoms with van der Waals surface area (Å²) in [5.41, 5.74) is 5.68. The Morgan fingerprint density at radius 1 is 1.33 bits per heavy atom. The van der Waals surface area contributed by atoms with E-state index < -0.39 is 6.04 Å². The fourth-order valence-electron chi connectivity index (χ4n) is 1.41. The summed E-state index contributed by atoms with van der Waals surface area (Å²) in [7, 11) is 0. The molecule has 18 heavy (non-hydrogen) atoms. The Kier molecular flexibility index (Phi) is 7.95. The van der Waals surface area contributed by atoms with E-state index in [-0.39, 0.29) is 30.1 Å². The predicted molar refractivity (Wildman–Crippen MR) is 73.5 cm³/mol. The van der Waals surface area contributed by atoms with Gasteiger partial charge in [0, 0.05) is 19.0 Å². The van der Waals surface area contributed by atoms with Crippen LogP contribution in [0.4, 0.5) is 0 Å². The van der Waals surface area contributed by atoms with Gasteiger partial charge in [-0.2, -0.15) is 0 Å². The molecule has 1 fully saturated rings. The molecule has 1 rings (SSSR count). The van der Waals surface area contributed by atoms with Crippen molar-refractivity contribution >= 4 is 24.2 Å². The van der Waals surface area contributed by atoms with Crippen molar-refractivity contribution in [2.24, 2.45) is 11.7 Å². The molecule has 0 aliphatic heterocycles. The Balaban J connectivity index is 0.00000289. The third-order valence-corrected chi connectivity index (χ3v) is 2.84. The Morgan fingerprint density at radius 2 is 1.94 bits per heavy atom. The summed E-state index contributed by atoms with van der Waals surface area (Å²) in [6, 6.07) is -0.0539. The molecule has 6 heteroatoms. The molecule has 0 spiro atoms. The van der Waals surface area contributed by atoms with Crippen molar-refractivity contribution in [2.45, 2.75) is 51.6 Å². The third-order valence-electron chi connectivity index (χ3n) is 2.84. The largest absolute Gasteiger partial charge is 0.355 e. The van der Waals surface area contributed by atoms with Crippen LogP contribution in [0.2, 0.25) is 0 Å². The summed E-state index contributed by atoms with van der Waals surface area (Å²) < 4.78 is 0. The maximum absolute atomic E-state index is 11.5. The van der Waals surface area contributed by atoms with E-state index >= 15 is 0 Å². The van der Waals surface area contributed by atoms with Gasteiger partial charge in [-0.3, -0.25) is 9.59 Å². The van der Waals surface area contributed by atoms with Crippen molar-refractivity contribution < 1.29 is 9.59 Å². The molecule has 4 N–H and O–H groups in total. The highest BCUT2D eigenvalue weighted by atomic mass is 35.5. The first-order chi connectivity index (χ1) is 8.00. The minimum atomic E-state index is -0.463. The van der Waals surface area contributed by atoms with E-state index in [2.05, 4.69) is 10.6 Å². The minimum Gasteiger partial charge on any atom is -0.355 e. The van der Waals surface area contributed by atoms with E-state index in [0.717, 1.165) is 12.8 Å². The van der Waals surface area contributed by atoms with Crippen LogP contribution >= 0.6 is 12.4 Å². The number of rotatable bonds is 7. The second-order valence-corrected chi connectivity index (χ2v) is 5.01. The molecule has 0 heterocycles. The van der Waals surface area contributed by atoms with Crippen LogP contribution in [-0.4, -0.2) is 30.4 Å². The Bertz CT molecular complexity index is 280. The van der Waals surface area contributed by atoms with Crippen LogP contribution in [0.5, 0.6) is 0 Å². The molecule has 1 aliphatic carbocycles. The zero-order valence-electron chi connectivity index (χ0n) is 11.1. The molecule has 0 saturated heterocycles. The Morgan fingerprint density at radius 3 is 2.44 bits per heavy atom. The van der Waals surface area contributed by atoms with E-state index in [1.807, 2.05) is 13.8 Å². The van der Waals surface area contributed by atoms with Crippen LogP contribution in [0.1, 0.15) is 39.5 Å². The fourth-order valence-corrected chi connectivity index (χ4v) is 1.41. The van der Waals surface area contributed by atoms with Gasteiger partial charge in [-0.25, -0.2) is 0 Å². The van der Waals surface area contributed by atoms with Crippen LogP contribution in [0.25, 0.3) is 0 Å². The standard InChI is InChI=1S/C12H23N3O2.ClH/c1-8(2)11(13)12(17)14-7-3-4-10(16)15-9-5-6-9;/h8-9,11H,3-7,13H2,1-2H3,(H,14,17)(H,15,16);1H/t11-;/m1./s1. The van der Waals surface area contributed by atoms with Crippen molar-refractivity contribution in [2.75, 3.05) is 6.54 Å². The lowest BCUT2D eigenvalue weighted by Gasteiger charge is -2.15.